The Hall–Kier alpha value is -1.12. The smallest absolute Gasteiger partial charge is 0.243 e. The van der Waals surface area contributed by atoms with Gasteiger partial charge in [0.2, 0.25) is 5.91 Å². The van der Waals surface area contributed by atoms with E-state index in [0.29, 0.717) is 32.1 Å². The highest BCUT2D eigenvalue weighted by molar-refractivity contribution is 5.85. The van der Waals surface area contributed by atoms with Crippen LogP contribution in [-0.4, -0.2) is 61.1 Å². The Bertz CT molecular complexity index is 371. The van der Waals surface area contributed by atoms with Gasteiger partial charge in [0, 0.05) is 38.9 Å². The quantitative estimate of drug-likeness (QED) is 0.743. The molecule has 2 fully saturated rings. The zero-order valence-corrected chi connectivity index (χ0v) is 11.9. The fourth-order valence-corrected chi connectivity index (χ4v) is 3.05. The van der Waals surface area contributed by atoms with Crippen LogP contribution in [0.3, 0.4) is 0 Å². The summed E-state index contributed by atoms with van der Waals surface area (Å²) in [4.78, 5) is 16.9. The summed E-state index contributed by atoms with van der Waals surface area (Å²) in [5, 5.41) is 9.44. The molecule has 0 N–H and O–H groups in total. The molecule has 0 aromatic heterocycles. The number of likely N-dealkylation sites (N-methyl/N-ethyl adjacent to an activating group) is 1. The van der Waals surface area contributed by atoms with Crippen molar-refractivity contribution < 1.29 is 9.53 Å². The van der Waals surface area contributed by atoms with E-state index in [1.807, 2.05) is 4.90 Å². The third-order valence-electron chi connectivity index (χ3n) is 4.43. The molecule has 5 heteroatoms. The summed E-state index contributed by atoms with van der Waals surface area (Å²) < 4.78 is 5.29. The van der Waals surface area contributed by atoms with Gasteiger partial charge in [-0.1, -0.05) is 6.92 Å². The van der Waals surface area contributed by atoms with Crippen LogP contribution in [-0.2, 0) is 9.53 Å². The maximum atomic E-state index is 12.7. The van der Waals surface area contributed by atoms with E-state index in [4.69, 9.17) is 4.74 Å². The van der Waals surface area contributed by atoms with Crippen LogP contribution in [0.2, 0.25) is 0 Å². The van der Waals surface area contributed by atoms with Gasteiger partial charge in [-0.2, -0.15) is 5.26 Å². The lowest BCUT2D eigenvalue weighted by atomic mass is 9.80. The molecule has 2 rings (SSSR count). The predicted molar refractivity (Wildman–Crippen MR) is 71.4 cm³/mol. The Balaban J connectivity index is 2.05. The minimum atomic E-state index is -0.841. The van der Waals surface area contributed by atoms with Crippen LogP contribution in [0.4, 0.5) is 0 Å². The van der Waals surface area contributed by atoms with Crippen LogP contribution >= 0.6 is 0 Å². The molecule has 2 aliphatic rings. The van der Waals surface area contributed by atoms with E-state index in [0.717, 1.165) is 26.2 Å². The summed E-state index contributed by atoms with van der Waals surface area (Å²) in [6.45, 7) is 8.71. The number of ether oxygens (including phenoxy) is 1. The Morgan fingerprint density at radius 3 is 2.63 bits per heavy atom. The number of nitriles is 1. The lowest BCUT2D eigenvalue weighted by Gasteiger charge is -2.42. The molecule has 0 spiro atoms. The molecular weight excluding hydrogens is 242 g/mol. The van der Waals surface area contributed by atoms with E-state index in [-0.39, 0.29) is 5.91 Å². The van der Waals surface area contributed by atoms with Crippen molar-refractivity contribution in [3.05, 3.63) is 0 Å². The summed E-state index contributed by atoms with van der Waals surface area (Å²) in [5.74, 6) is 0.0147. The Kier molecular flexibility index (Phi) is 4.43. The van der Waals surface area contributed by atoms with Crippen LogP contribution in [0, 0.1) is 16.7 Å². The molecule has 2 saturated heterocycles. The van der Waals surface area contributed by atoms with Crippen LogP contribution in [0.15, 0.2) is 0 Å². The van der Waals surface area contributed by atoms with E-state index in [9.17, 15) is 10.1 Å². The van der Waals surface area contributed by atoms with E-state index in [1.165, 1.54) is 0 Å². The molecule has 106 valence electrons. The van der Waals surface area contributed by atoms with E-state index < -0.39 is 5.41 Å². The largest absolute Gasteiger partial charge is 0.381 e. The molecular formula is C14H23N3O2. The van der Waals surface area contributed by atoms with Gasteiger partial charge >= 0.3 is 0 Å². The van der Waals surface area contributed by atoms with Crippen molar-refractivity contribution in [1.29, 1.82) is 5.26 Å². The van der Waals surface area contributed by atoms with Crippen LogP contribution in [0.25, 0.3) is 0 Å². The fourth-order valence-electron chi connectivity index (χ4n) is 3.05. The third kappa shape index (κ3) is 2.75. The molecule has 0 radical (unpaired) electrons. The summed E-state index contributed by atoms with van der Waals surface area (Å²) in [6.07, 6.45) is 1.06. The lowest BCUT2D eigenvalue weighted by molar-refractivity contribution is -0.146. The van der Waals surface area contributed by atoms with Crippen molar-refractivity contribution in [3.8, 4) is 6.07 Å². The van der Waals surface area contributed by atoms with Gasteiger partial charge in [-0.3, -0.25) is 9.69 Å². The molecule has 0 bridgehead atoms. The highest BCUT2D eigenvalue weighted by atomic mass is 16.5. The molecule has 0 aromatic rings. The third-order valence-corrected chi connectivity index (χ3v) is 4.43. The molecule has 0 saturated carbocycles. The first-order chi connectivity index (χ1) is 9.13. The van der Waals surface area contributed by atoms with Crippen molar-refractivity contribution in [2.75, 3.05) is 39.4 Å². The average Bonchev–Trinajstić information content (AvgIpc) is 2.47. The molecule has 2 heterocycles. The van der Waals surface area contributed by atoms with Gasteiger partial charge in [0.15, 0.2) is 0 Å². The van der Waals surface area contributed by atoms with Gasteiger partial charge in [-0.05, 0) is 26.3 Å². The van der Waals surface area contributed by atoms with Gasteiger partial charge in [0.25, 0.3) is 0 Å². The topological polar surface area (TPSA) is 56.6 Å². The zero-order chi connectivity index (χ0) is 13.9. The minimum absolute atomic E-state index is 0.0147. The van der Waals surface area contributed by atoms with E-state index in [2.05, 4.69) is 24.8 Å². The van der Waals surface area contributed by atoms with Crippen LogP contribution in [0.1, 0.15) is 26.7 Å². The molecule has 0 aliphatic carbocycles. The monoisotopic (exact) mass is 265 g/mol. The second-order valence-corrected chi connectivity index (χ2v) is 5.54. The molecule has 1 atom stereocenters. The molecule has 1 unspecified atom stereocenters. The number of carbonyl (C=O) groups excluding carboxylic acids is 1. The lowest BCUT2D eigenvalue weighted by Crippen LogP contribution is -2.57. The minimum Gasteiger partial charge on any atom is -0.381 e. The highest BCUT2D eigenvalue weighted by Gasteiger charge is 2.44. The van der Waals surface area contributed by atoms with Crippen LogP contribution < -0.4 is 0 Å². The Morgan fingerprint density at radius 1 is 1.42 bits per heavy atom. The van der Waals surface area contributed by atoms with Gasteiger partial charge in [-0.25, -0.2) is 0 Å². The number of amides is 1. The second-order valence-electron chi connectivity index (χ2n) is 5.54. The van der Waals surface area contributed by atoms with Crippen molar-refractivity contribution >= 4 is 5.91 Å². The fraction of sp³-hybridized carbons (Fsp3) is 0.857. The summed E-state index contributed by atoms with van der Waals surface area (Å²) >= 11 is 0. The number of nitrogens with zero attached hydrogens (tertiary/aromatic N) is 3. The molecule has 1 amide bonds. The van der Waals surface area contributed by atoms with Crippen molar-refractivity contribution in [2.45, 2.75) is 32.7 Å². The summed E-state index contributed by atoms with van der Waals surface area (Å²) in [6, 6.07) is 2.64. The zero-order valence-electron chi connectivity index (χ0n) is 11.9. The van der Waals surface area contributed by atoms with E-state index in [1.54, 1.807) is 0 Å². The molecule has 2 aliphatic heterocycles. The Labute approximate surface area is 115 Å². The van der Waals surface area contributed by atoms with Gasteiger partial charge < -0.3 is 9.64 Å². The first-order valence-electron chi connectivity index (χ1n) is 7.15. The SMILES string of the molecule is CCN1CCN(C(=O)C2(C#N)CCOCC2)CC1C. The maximum Gasteiger partial charge on any atom is 0.243 e. The van der Waals surface area contributed by atoms with Crippen molar-refractivity contribution in [2.24, 2.45) is 5.41 Å². The standard InChI is InChI=1S/C14H23N3O2/c1-3-16-6-7-17(10-12(16)2)13(18)14(11-15)4-8-19-9-5-14/h12H,3-10H2,1-2H3. The summed E-state index contributed by atoms with van der Waals surface area (Å²) in [5.41, 5.74) is -0.841. The number of hydrogen-bond acceptors (Lipinski definition) is 4. The first-order valence-corrected chi connectivity index (χ1v) is 7.15. The van der Waals surface area contributed by atoms with Gasteiger partial charge in [0.1, 0.15) is 5.41 Å². The number of rotatable bonds is 2. The number of piperazine rings is 1. The van der Waals surface area contributed by atoms with E-state index >= 15 is 0 Å². The molecule has 19 heavy (non-hydrogen) atoms. The van der Waals surface area contributed by atoms with Crippen LogP contribution in [0.5, 0.6) is 0 Å². The van der Waals surface area contributed by atoms with Crippen molar-refractivity contribution in [3.63, 3.8) is 0 Å². The van der Waals surface area contributed by atoms with Crippen molar-refractivity contribution in [1.82, 2.24) is 9.80 Å². The predicted octanol–water partition coefficient (Wildman–Crippen LogP) is 0.859. The highest BCUT2D eigenvalue weighted by Crippen LogP contribution is 2.32. The first kappa shape index (κ1) is 14.3. The summed E-state index contributed by atoms with van der Waals surface area (Å²) in [7, 11) is 0. The molecule has 5 nitrogen and oxygen atoms in total. The average molecular weight is 265 g/mol. The van der Waals surface area contributed by atoms with Gasteiger partial charge in [-0.15, -0.1) is 0 Å². The number of carbonyl (C=O) groups is 1. The molecule has 0 aromatic carbocycles. The number of hydrogen-bond donors (Lipinski definition) is 0. The normalized spacial score (nSPS) is 27.8. The second kappa shape index (κ2) is 5.89. The van der Waals surface area contributed by atoms with Gasteiger partial charge in [0.05, 0.1) is 6.07 Å². The Morgan fingerprint density at radius 2 is 2.11 bits per heavy atom. The maximum absolute atomic E-state index is 12.7.